The Morgan fingerprint density at radius 2 is 1.04 bits per heavy atom. The number of imidazole rings is 1. The van der Waals surface area contributed by atoms with Gasteiger partial charge in [0.05, 0.1) is 13.6 Å². The molecule has 0 aliphatic heterocycles. The highest BCUT2D eigenvalue weighted by Gasteiger charge is 1.99. The number of nitrogens with zero attached hydrogens (tertiary/aromatic N) is 2. The number of rotatable bonds is 17. The van der Waals surface area contributed by atoms with E-state index in [2.05, 4.69) is 41.8 Å². The number of hydrogen-bond donors (Lipinski definition) is 0. The van der Waals surface area contributed by atoms with Crippen molar-refractivity contribution in [1.82, 2.24) is 4.57 Å². The van der Waals surface area contributed by atoms with Crippen LogP contribution in [0.15, 0.2) is 18.7 Å². The van der Waals surface area contributed by atoms with E-state index >= 15 is 0 Å². The topological polar surface area (TPSA) is 8.81 Å². The van der Waals surface area contributed by atoms with Crippen molar-refractivity contribution in [3.05, 3.63) is 18.7 Å². The van der Waals surface area contributed by atoms with E-state index in [1.165, 1.54) is 109 Å². The van der Waals surface area contributed by atoms with Crippen molar-refractivity contribution in [1.29, 1.82) is 0 Å². The summed E-state index contributed by atoms with van der Waals surface area (Å²) in [5.74, 6) is 0. The van der Waals surface area contributed by atoms with Gasteiger partial charge in [0.1, 0.15) is 12.4 Å². The first kappa shape index (κ1) is 24.5. The van der Waals surface area contributed by atoms with Crippen molar-refractivity contribution in [2.45, 2.75) is 116 Å². The van der Waals surface area contributed by atoms with Crippen LogP contribution in [0.5, 0.6) is 0 Å². The zero-order chi connectivity index (χ0) is 17.3. The lowest BCUT2D eigenvalue weighted by atomic mass is 10.0. The van der Waals surface area contributed by atoms with E-state index < -0.39 is 0 Å². The Kier molecular flexibility index (Phi) is 17.9. The molecule has 0 aliphatic carbocycles. The minimum Gasteiger partial charge on any atom is -1.00 e. The highest BCUT2D eigenvalue weighted by atomic mass is 35.5. The highest BCUT2D eigenvalue weighted by Crippen LogP contribution is 2.13. The van der Waals surface area contributed by atoms with Crippen LogP contribution in [0.1, 0.15) is 110 Å². The minimum atomic E-state index is 0. The molecule has 0 saturated carbocycles. The number of aryl methyl sites for hydroxylation is 2. The summed E-state index contributed by atoms with van der Waals surface area (Å²) in [5, 5.41) is 0. The Balaban J connectivity index is 0.00000576. The molecule has 25 heavy (non-hydrogen) atoms. The van der Waals surface area contributed by atoms with Crippen LogP contribution >= 0.6 is 0 Å². The standard InChI is InChI=1S/C22H43N2.ClH/c1-3-4-5-6-7-8-9-10-11-12-13-14-15-16-17-18-19-24-21-20-23(2)22-24;/h20-22H,3-19H2,1-2H3;1H/q+1;/p-1. The molecule has 1 rings (SSSR count). The van der Waals surface area contributed by atoms with Crippen LogP contribution in [0, 0.1) is 0 Å². The van der Waals surface area contributed by atoms with Crippen molar-refractivity contribution in [3.8, 4) is 0 Å². The molecule has 1 aromatic rings. The van der Waals surface area contributed by atoms with E-state index in [1.54, 1.807) is 0 Å². The van der Waals surface area contributed by atoms with E-state index in [0.717, 1.165) is 0 Å². The normalized spacial score (nSPS) is 10.8. The molecule has 0 spiro atoms. The molecule has 3 heteroatoms. The number of hydrogen-bond acceptors (Lipinski definition) is 0. The molecular weight excluding hydrogens is 328 g/mol. The zero-order valence-electron chi connectivity index (χ0n) is 17.0. The second-order valence-electron chi connectivity index (χ2n) is 7.62. The van der Waals surface area contributed by atoms with Crippen LogP contribution in [-0.2, 0) is 13.6 Å². The summed E-state index contributed by atoms with van der Waals surface area (Å²) in [6, 6.07) is 0. The van der Waals surface area contributed by atoms with Gasteiger partial charge in [0.2, 0.25) is 6.33 Å². The molecule has 2 nitrogen and oxygen atoms in total. The predicted octanol–water partition coefficient (Wildman–Crippen LogP) is 3.58. The monoisotopic (exact) mass is 370 g/mol. The van der Waals surface area contributed by atoms with Crippen molar-refractivity contribution >= 4 is 0 Å². The average Bonchev–Trinajstić information content (AvgIpc) is 3.00. The van der Waals surface area contributed by atoms with E-state index in [1.807, 2.05) is 0 Å². The molecule has 0 N–H and O–H groups in total. The third-order valence-electron chi connectivity index (χ3n) is 5.09. The maximum Gasteiger partial charge on any atom is 0.243 e. The quantitative estimate of drug-likeness (QED) is 0.293. The summed E-state index contributed by atoms with van der Waals surface area (Å²) in [4.78, 5) is 0. The van der Waals surface area contributed by atoms with Crippen LogP contribution in [0.3, 0.4) is 0 Å². The average molecular weight is 371 g/mol. The summed E-state index contributed by atoms with van der Waals surface area (Å²) < 4.78 is 4.41. The van der Waals surface area contributed by atoms with E-state index in [9.17, 15) is 0 Å². The van der Waals surface area contributed by atoms with E-state index in [0.29, 0.717) is 0 Å². The van der Waals surface area contributed by atoms with Gasteiger partial charge in [0.25, 0.3) is 0 Å². The molecule has 0 aliphatic rings. The molecule has 0 saturated heterocycles. The molecule has 1 aromatic heterocycles. The van der Waals surface area contributed by atoms with Gasteiger partial charge in [-0.25, -0.2) is 9.13 Å². The second kappa shape index (κ2) is 18.3. The fourth-order valence-electron chi connectivity index (χ4n) is 3.48. The van der Waals surface area contributed by atoms with Crippen molar-refractivity contribution in [2.75, 3.05) is 0 Å². The van der Waals surface area contributed by atoms with Gasteiger partial charge in [-0.3, -0.25) is 0 Å². The SMILES string of the molecule is CCCCCCCCCCCCCCCCCC[n+]1ccn(C)c1.[Cl-]. The lowest BCUT2D eigenvalue weighted by molar-refractivity contribution is -0.696. The lowest BCUT2D eigenvalue weighted by Crippen LogP contribution is -3.00. The van der Waals surface area contributed by atoms with Gasteiger partial charge in [-0.15, -0.1) is 0 Å². The van der Waals surface area contributed by atoms with Crippen LogP contribution in [-0.4, -0.2) is 4.57 Å². The van der Waals surface area contributed by atoms with Crippen LogP contribution in [0.4, 0.5) is 0 Å². The largest absolute Gasteiger partial charge is 1.00 e. The molecule has 0 amide bonds. The summed E-state index contributed by atoms with van der Waals surface area (Å²) in [6.07, 6.45) is 29.5. The first-order chi connectivity index (χ1) is 11.8. The zero-order valence-corrected chi connectivity index (χ0v) is 17.8. The number of halogens is 1. The Morgan fingerprint density at radius 1 is 0.640 bits per heavy atom. The van der Waals surface area contributed by atoms with Gasteiger partial charge in [-0.1, -0.05) is 96.8 Å². The number of unbranched alkanes of at least 4 members (excludes halogenated alkanes) is 15. The second-order valence-corrected chi connectivity index (χ2v) is 7.62. The van der Waals surface area contributed by atoms with Gasteiger partial charge in [-0.05, 0) is 12.8 Å². The fourth-order valence-corrected chi connectivity index (χ4v) is 3.48. The van der Waals surface area contributed by atoms with E-state index in [4.69, 9.17) is 0 Å². The third kappa shape index (κ3) is 15.5. The predicted molar refractivity (Wildman–Crippen MR) is 105 cm³/mol. The highest BCUT2D eigenvalue weighted by molar-refractivity contribution is 4.62. The van der Waals surface area contributed by atoms with E-state index in [-0.39, 0.29) is 12.4 Å². The van der Waals surface area contributed by atoms with Crippen LogP contribution in [0.25, 0.3) is 0 Å². The molecule has 0 bridgehead atoms. The van der Waals surface area contributed by atoms with Gasteiger partial charge in [0, 0.05) is 0 Å². The maximum absolute atomic E-state index is 2.30. The Bertz CT molecular complexity index is 376. The molecule has 1 heterocycles. The van der Waals surface area contributed by atoms with Crippen LogP contribution in [0.2, 0.25) is 0 Å². The first-order valence-corrected chi connectivity index (χ1v) is 10.8. The fraction of sp³-hybridized carbons (Fsp3) is 0.864. The summed E-state index contributed by atoms with van der Waals surface area (Å²) in [5.41, 5.74) is 0. The molecule has 0 unspecified atom stereocenters. The molecule has 148 valence electrons. The maximum atomic E-state index is 2.30. The molecule has 0 fully saturated rings. The van der Waals surface area contributed by atoms with Gasteiger partial charge >= 0.3 is 0 Å². The summed E-state index contributed by atoms with van der Waals surface area (Å²) in [6.45, 7) is 3.48. The lowest BCUT2D eigenvalue weighted by Gasteiger charge is -2.03. The molecule has 0 atom stereocenters. The Labute approximate surface area is 163 Å². The van der Waals surface area contributed by atoms with Gasteiger partial charge < -0.3 is 12.4 Å². The van der Waals surface area contributed by atoms with Crippen molar-refractivity contribution < 1.29 is 17.0 Å². The Morgan fingerprint density at radius 3 is 1.40 bits per heavy atom. The van der Waals surface area contributed by atoms with Gasteiger partial charge in [0.15, 0.2) is 0 Å². The molecule has 0 radical (unpaired) electrons. The van der Waals surface area contributed by atoms with Crippen molar-refractivity contribution in [2.24, 2.45) is 7.05 Å². The van der Waals surface area contributed by atoms with Crippen LogP contribution < -0.4 is 17.0 Å². The molecular formula is C22H43ClN2. The number of aromatic nitrogens is 2. The van der Waals surface area contributed by atoms with Gasteiger partial charge in [-0.2, -0.15) is 0 Å². The summed E-state index contributed by atoms with van der Waals surface area (Å²) in [7, 11) is 2.09. The summed E-state index contributed by atoms with van der Waals surface area (Å²) >= 11 is 0. The minimum absolute atomic E-state index is 0. The molecule has 0 aromatic carbocycles. The Hall–Kier alpha value is -0.500. The van der Waals surface area contributed by atoms with Crippen molar-refractivity contribution in [3.63, 3.8) is 0 Å². The smallest absolute Gasteiger partial charge is 0.243 e. The third-order valence-corrected chi connectivity index (χ3v) is 5.09. The first-order valence-electron chi connectivity index (χ1n) is 10.8.